The fourth-order valence-corrected chi connectivity index (χ4v) is 8.08. The van der Waals surface area contributed by atoms with E-state index in [0.29, 0.717) is 5.57 Å². The summed E-state index contributed by atoms with van der Waals surface area (Å²) in [4.78, 5) is 11.2. The third-order valence-corrected chi connectivity index (χ3v) is 9.58. The molecule has 7 heteroatoms. The van der Waals surface area contributed by atoms with Gasteiger partial charge in [-0.05, 0) is 13.5 Å². The van der Waals surface area contributed by atoms with Crippen LogP contribution in [0.2, 0.25) is 19.6 Å². The smallest absolute Gasteiger partial charge is 0.352 e. The second-order valence-corrected chi connectivity index (χ2v) is 9.38. The van der Waals surface area contributed by atoms with Crippen LogP contribution in [0.25, 0.3) is 0 Å². The summed E-state index contributed by atoms with van der Waals surface area (Å²) in [5.41, 5.74) is 0.411. The Morgan fingerprint density at radius 2 is 1.80 bits per heavy atom. The van der Waals surface area contributed by atoms with Crippen molar-refractivity contribution in [2.24, 2.45) is 0 Å². The van der Waals surface area contributed by atoms with Gasteiger partial charge in [-0.25, -0.2) is 4.79 Å². The molecule has 0 aliphatic rings. The molecule has 0 aliphatic carbocycles. The Balaban J connectivity index is 4.17. The number of rotatable bonds is 7. The van der Waals surface area contributed by atoms with Crippen LogP contribution in [-0.2, 0) is 17.8 Å². The minimum absolute atomic E-state index is 0.278. The second kappa shape index (κ2) is 7.12. The third-order valence-electron chi connectivity index (χ3n) is 1.71. The molecule has 0 aliphatic heterocycles. The standard InChI is InChI=1S/C8H20O4Si3/c1-7(2)8(9)10-6-15(5,11-13-3)12-14-4/h1,6,13-14H2,2-5H3. The van der Waals surface area contributed by atoms with E-state index in [2.05, 4.69) is 6.58 Å². The molecule has 0 spiro atoms. The predicted molar refractivity (Wildman–Crippen MR) is 68.4 cm³/mol. The van der Waals surface area contributed by atoms with Crippen LogP contribution in [-0.4, -0.2) is 40.3 Å². The van der Waals surface area contributed by atoms with Gasteiger partial charge in [0.15, 0.2) is 0 Å². The van der Waals surface area contributed by atoms with Crippen molar-refractivity contribution in [2.45, 2.75) is 26.6 Å². The second-order valence-electron chi connectivity index (χ2n) is 3.36. The summed E-state index contributed by atoms with van der Waals surface area (Å²) >= 11 is 0. The van der Waals surface area contributed by atoms with Gasteiger partial charge in [-0.2, -0.15) is 0 Å². The number of hydrogen-bond donors (Lipinski definition) is 0. The van der Waals surface area contributed by atoms with Gasteiger partial charge >= 0.3 is 14.5 Å². The maximum Gasteiger partial charge on any atom is 0.352 e. The molecule has 88 valence electrons. The highest BCUT2D eigenvalue weighted by Gasteiger charge is 2.31. The number of carbonyl (C=O) groups is 1. The summed E-state index contributed by atoms with van der Waals surface area (Å²) in [6, 6.07) is 0. The molecule has 4 nitrogen and oxygen atoms in total. The van der Waals surface area contributed by atoms with Crippen molar-refractivity contribution in [3.05, 3.63) is 12.2 Å². The molecule has 0 aromatic heterocycles. The Morgan fingerprint density at radius 3 is 2.13 bits per heavy atom. The molecule has 0 bridgehead atoms. The zero-order valence-electron chi connectivity index (χ0n) is 9.96. The quantitative estimate of drug-likeness (QED) is 0.369. The van der Waals surface area contributed by atoms with E-state index >= 15 is 0 Å². The normalized spacial score (nSPS) is 16.0. The van der Waals surface area contributed by atoms with Gasteiger partial charge in [0.2, 0.25) is 0 Å². The van der Waals surface area contributed by atoms with Crippen molar-refractivity contribution in [3.63, 3.8) is 0 Å². The Labute approximate surface area is 97.1 Å². The molecule has 0 saturated carbocycles. The van der Waals surface area contributed by atoms with Gasteiger partial charge in [-0.15, -0.1) is 0 Å². The molecular weight excluding hydrogens is 244 g/mol. The van der Waals surface area contributed by atoms with Gasteiger partial charge < -0.3 is 13.0 Å². The van der Waals surface area contributed by atoms with Crippen LogP contribution in [0.4, 0.5) is 0 Å². The van der Waals surface area contributed by atoms with Gasteiger partial charge in [-0.1, -0.05) is 19.7 Å². The molecule has 0 amide bonds. The molecule has 0 unspecified atom stereocenters. The van der Waals surface area contributed by atoms with E-state index in [1.807, 2.05) is 19.6 Å². The zero-order valence-corrected chi connectivity index (χ0v) is 13.8. The first-order valence-electron chi connectivity index (χ1n) is 5.05. The van der Waals surface area contributed by atoms with E-state index in [0.717, 1.165) is 0 Å². The fraction of sp³-hybridized carbons (Fsp3) is 0.625. The summed E-state index contributed by atoms with van der Waals surface area (Å²) in [6.45, 7) is 11.2. The molecule has 0 atom stereocenters. The molecule has 0 aromatic rings. The van der Waals surface area contributed by atoms with Gasteiger partial charge in [0.05, 0.1) is 0 Å². The largest absolute Gasteiger partial charge is 0.460 e. The maximum absolute atomic E-state index is 11.2. The molecule has 0 fully saturated rings. The van der Waals surface area contributed by atoms with E-state index in [1.54, 1.807) is 6.92 Å². The van der Waals surface area contributed by atoms with Gasteiger partial charge in [-0.3, -0.25) is 0 Å². The third kappa shape index (κ3) is 6.05. The van der Waals surface area contributed by atoms with Crippen molar-refractivity contribution in [1.82, 2.24) is 0 Å². The van der Waals surface area contributed by atoms with Gasteiger partial charge in [0.25, 0.3) is 0 Å². The van der Waals surface area contributed by atoms with Crippen molar-refractivity contribution in [3.8, 4) is 0 Å². The van der Waals surface area contributed by atoms with Crippen LogP contribution in [0, 0.1) is 0 Å². The van der Waals surface area contributed by atoms with E-state index in [-0.39, 0.29) is 12.2 Å². The number of esters is 1. The number of hydrogen-bond acceptors (Lipinski definition) is 4. The lowest BCUT2D eigenvalue weighted by molar-refractivity contribution is -0.137. The highest BCUT2D eigenvalue weighted by atomic mass is 28.4. The van der Waals surface area contributed by atoms with Gasteiger partial charge in [0.1, 0.15) is 25.8 Å². The van der Waals surface area contributed by atoms with E-state index in [9.17, 15) is 4.79 Å². The summed E-state index contributed by atoms with van der Waals surface area (Å²) in [5, 5.41) is 0. The van der Waals surface area contributed by atoms with E-state index in [4.69, 9.17) is 13.0 Å². The van der Waals surface area contributed by atoms with Gasteiger partial charge in [0, 0.05) is 5.57 Å². The Morgan fingerprint density at radius 1 is 1.33 bits per heavy atom. The van der Waals surface area contributed by atoms with Crippen LogP contribution in [0.15, 0.2) is 12.2 Å². The lowest BCUT2D eigenvalue weighted by Crippen LogP contribution is -2.46. The average molecular weight is 265 g/mol. The SMILES string of the molecule is C=C(C)C(=O)OC[Si](C)(O[SiH2]C)O[SiH2]C. The Kier molecular flexibility index (Phi) is 7.02. The van der Waals surface area contributed by atoms with Crippen molar-refractivity contribution >= 4 is 34.1 Å². The summed E-state index contributed by atoms with van der Waals surface area (Å²) in [5.74, 6) is -0.364. The molecular formula is C8H20O4Si3. The zero-order chi connectivity index (χ0) is 11.9. The maximum atomic E-state index is 11.2. The minimum Gasteiger partial charge on any atom is -0.460 e. The highest BCUT2D eigenvalue weighted by Crippen LogP contribution is 2.07. The van der Waals surface area contributed by atoms with Crippen molar-refractivity contribution in [2.75, 3.05) is 6.23 Å². The first-order chi connectivity index (χ1) is 6.95. The van der Waals surface area contributed by atoms with Crippen molar-refractivity contribution in [1.29, 1.82) is 0 Å². The Bertz CT molecular complexity index is 226. The first-order valence-corrected chi connectivity index (χ1v) is 11.6. The lowest BCUT2D eigenvalue weighted by Gasteiger charge is -2.26. The molecule has 0 radical (unpaired) electrons. The van der Waals surface area contributed by atoms with Crippen LogP contribution >= 0.6 is 0 Å². The molecule has 0 heterocycles. The fourth-order valence-electron chi connectivity index (χ4n) is 1.06. The lowest BCUT2D eigenvalue weighted by atomic mass is 10.4. The summed E-state index contributed by atoms with van der Waals surface area (Å²) in [6.07, 6.45) is 0.278. The molecule has 15 heavy (non-hydrogen) atoms. The first kappa shape index (κ1) is 14.8. The summed E-state index contributed by atoms with van der Waals surface area (Å²) in [7, 11) is -3.28. The number of ether oxygens (including phenoxy) is 1. The monoisotopic (exact) mass is 264 g/mol. The van der Waals surface area contributed by atoms with Crippen LogP contribution in [0.1, 0.15) is 6.92 Å². The van der Waals surface area contributed by atoms with Crippen molar-refractivity contribution < 1.29 is 17.8 Å². The predicted octanol–water partition coefficient (Wildman–Crippen LogP) is 0.0139. The molecule has 0 saturated heterocycles. The topological polar surface area (TPSA) is 44.8 Å². The number of carbonyl (C=O) groups excluding carboxylic acids is 1. The molecule has 0 rings (SSSR count). The van der Waals surface area contributed by atoms with Crippen LogP contribution in [0.5, 0.6) is 0 Å². The minimum atomic E-state index is -2.22. The average Bonchev–Trinajstić information content (AvgIpc) is 2.15. The van der Waals surface area contributed by atoms with E-state index in [1.165, 1.54) is 0 Å². The molecule has 0 N–H and O–H groups in total. The Hall–Kier alpha value is -0.219. The molecule has 0 aromatic carbocycles. The van der Waals surface area contributed by atoms with Crippen LogP contribution in [0.3, 0.4) is 0 Å². The van der Waals surface area contributed by atoms with Crippen LogP contribution < -0.4 is 0 Å². The highest BCUT2D eigenvalue weighted by molar-refractivity contribution is 6.74. The summed E-state index contributed by atoms with van der Waals surface area (Å²) < 4.78 is 16.5. The van der Waals surface area contributed by atoms with E-state index < -0.39 is 28.1 Å².